The first-order chi connectivity index (χ1) is 13.9. The average molecular weight is 420 g/mol. The van der Waals surface area contributed by atoms with E-state index in [1.54, 1.807) is 6.07 Å². The molecule has 0 saturated carbocycles. The number of ether oxygens (including phenoxy) is 1. The zero-order valence-corrected chi connectivity index (χ0v) is 17.6. The Labute approximate surface area is 175 Å². The summed E-state index contributed by atoms with van der Waals surface area (Å²) in [5, 5.41) is 2.71. The molecule has 30 heavy (non-hydrogen) atoms. The SMILES string of the molecule is Cc1ccc(NC(=O)c2cccc(C(F)(F)F)c2)cc1C1CN(C(C)(C)C)CCO1. The van der Waals surface area contributed by atoms with Gasteiger partial charge in [-0.25, -0.2) is 0 Å². The van der Waals surface area contributed by atoms with Gasteiger partial charge in [-0.05, 0) is 69.2 Å². The third kappa shape index (κ3) is 5.21. The van der Waals surface area contributed by atoms with Gasteiger partial charge in [-0.15, -0.1) is 0 Å². The molecule has 1 heterocycles. The van der Waals surface area contributed by atoms with Gasteiger partial charge in [0.15, 0.2) is 0 Å². The van der Waals surface area contributed by atoms with E-state index in [1.807, 2.05) is 19.1 Å². The average Bonchev–Trinajstić information content (AvgIpc) is 2.68. The predicted octanol–water partition coefficient (Wildman–Crippen LogP) is 5.44. The number of hydrogen-bond acceptors (Lipinski definition) is 3. The molecule has 1 aliphatic rings. The minimum absolute atomic E-state index is 0.0191. The van der Waals surface area contributed by atoms with Gasteiger partial charge >= 0.3 is 6.18 Å². The summed E-state index contributed by atoms with van der Waals surface area (Å²) in [6.45, 7) is 10.7. The molecule has 3 rings (SSSR count). The fraction of sp³-hybridized carbons (Fsp3) is 0.435. The molecule has 2 aromatic carbocycles. The second-order valence-corrected chi connectivity index (χ2v) is 8.58. The number of benzene rings is 2. The Morgan fingerprint density at radius 2 is 1.87 bits per heavy atom. The Bertz CT molecular complexity index is 919. The maximum Gasteiger partial charge on any atom is 0.416 e. The molecule has 1 amide bonds. The maximum atomic E-state index is 12.9. The highest BCUT2D eigenvalue weighted by Crippen LogP contribution is 2.31. The fourth-order valence-corrected chi connectivity index (χ4v) is 3.55. The van der Waals surface area contributed by atoms with Crippen molar-refractivity contribution in [2.45, 2.75) is 45.5 Å². The van der Waals surface area contributed by atoms with Gasteiger partial charge in [0, 0.05) is 29.9 Å². The molecule has 4 nitrogen and oxygen atoms in total. The number of nitrogens with zero attached hydrogens (tertiary/aromatic N) is 1. The van der Waals surface area contributed by atoms with E-state index < -0.39 is 17.6 Å². The number of morpholine rings is 1. The van der Waals surface area contributed by atoms with Crippen molar-refractivity contribution in [2.75, 3.05) is 25.0 Å². The molecule has 2 aromatic rings. The number of hydrogen-bond donors (Lipinski definition) is 1. The lowest BCUT2D eigenvalue weighted by Crippen LogP contribution is -2.49. The molecule has 0 aromatic heterocycles. The molecule has 1 fully saturated rings. The van der Waals surface area contributed by atoms with Crippen LogP contribution in [-0.2, 0) is 10.9 Å². The van der Waals surface area contributed by atoms with Crippen LogP contribution in [0, 0.1) is 6.92 Å². The van der Waals surface area contributed by atoms with Crippen LogP contribution in [0.1, 0.15) is 53.9 Å². The Morgan fingerprint density at radius 1 is 1.13 bits per heavy atom. The third-order valence-electron chi connectivity index (χ3n) is 5.35. The lowest BCUT2D eigenvalue weighted by Gasteiger charge is -2.42. The molecule has 0 radical (unpaired) electrons. The minimum Gasteiger partial charge on any atom is -0.371 e. The summed E-state index contributed by atoms with van der Waals surface area (Å²) in [5.74, 6) is -0.586. The number of alkyl halides is 3. The molecule has 7 heteroatoms. The predicted molar refractivity (Wildman–Crippen MR) is 111 cm³/mol. The molecular weight excluding hydrogens is 393 g/mol. The van der Waals surface area contributed by atoms with Crippen LogP contribution in [0.3, 0.4) is 0 Å². The van der Waals surface area contributed by atoms with Crippen molar-refractivity contribution in [3.63, 3.8) is 0 Å². The molecule has 1 N–H and O–H groups in total. The quantitative estimate of drug-likeness (QED) is 0.719. The van der Waals surface area contributed by atoms with Crippen molar-refractivity contribution in [3.05, 3.63) is 64.7 Å². The van der Waals surface area contributed by atoms with Gasteiger partial charge in [-0.1, -0.05) is 12.1 Å². The molecule has 1 saturated heterocycles. The second-order valence-electron chi connectivity index (χ2n) is 8.58. The van der Waals surface area contributed by atoms with Crippen molar-refractivity contribution in [2.24, 2.45) is 0 Å². The van der Waals surface area contributed by atoms with E-state index in [4.69, 9.17) is 4.74 Å². The van der Waals surface area contributed by atoms with E-state index in [1.165, 1.54) is 12.1 Å². The highest BCUT2D eigenvalue weighted by molar-refractivity contribution is 6.04. The highest BCUT2D eigenvalue weighted by atomic mass is 19.4. The summed E-state index contributed by atoms with van der Waals surface area (Å²) in [6, 6.07) is 9.88. The number of carbonyl (C=O) groups excluding carboxylic acids is 1. The van der Waals surface area contributed by atoms with E-state index in [0.29, 0.717) is 12.3 Å². The van der Waals surface area contributed by atoms with Crippen LogP contribution in [-0.4, -0.2) is 36.0 Å². The van der Waals surface area contributed by atoms with E-state index in [2.05, 4.69) is 31.0 Å². The fourth-order valence-electron chi connectivity index (χ4n) is 3.55. The van der Waals surface area contributed by atoms with Crippen molar-refractivity contribution in [1.82, 2.24) is 4.90 Å². The van der Waals surface area contributed by atoms with Crippen LogP contribution >= 0.6 is 0 Å². The number of halogens is 3. The lowest BCUT2D eigenvalue weighted by atomic mass is 9.98. The number of carbonyl (C=O) groups is 1. The maximum absolute atomic E-state index is 12.9. The Hall–Kier alpha value is -2.38. The van der Waals surface area contributed by atoms with Gasteiger partial charge in [-0.2, -0.15) is 13.2 Å². The van der Waals surface area contributed by atoms with Crippen molar-refractivity contribution in [1.29, 1.82) is 0 Å². The zero-order chi connectivity index (χ0) is 22.1. The number of anilines is 1. The highest BCUT2D eigenvalue weighted by Gasteiger charge is 2.31. The molecule has 0 aliphatic carbocycles. The first-order valence-corrected chi connectivity index (χ1v) is 9.91. The van der Waals surface area contributed by atoms with Crippen molar-refractivity contribution >= 4 is 11.6 Å². The lowest BCUT2D eigenvalue weighted by molar-refractivity contribution is -0.137. The number of aryl methyl sites for hydroxylation is 1. The van der Waals surface area contributed by atoms with Crippen LogP contribution in [0.5, 0.6) is 0 Å². The smallest absolute Gasteiger partial charge is 0.371 e. The van der Waals surface area contributed by atoms with E-state index in [9.17, 15) is 18.0 Å². The van der Waals surface area contributed by atoms with Crippen LogP contribution in [0.4, 0.5) is 18.9 Å². The van der Waals surface area contributed by atoms with Gasteiger partial charge in [0.05, 0.1) is 18.3 Å². The Balaban J connectivity index is 1.80. The van der Waals surface area contributed by atoms with Gasteiger partial charge < -0.3 is 10.1 Å². The summed E-state index contributed by atoms with van der Waals surface area (Å²) < 4.78 is 44.8. The van der Waals surface area contributed by atoms with Crippen LogP contribution in [0.2, 0.25) is 0 Å². The van der Waals surface area contributed by atoms with Gasteiger partial charge in [0.2, 0.25) is 0 Å². The van der Waals surface area contributed by atoms with Crippen LogP contribution in [0.25, 0.3) is 0 Å². The van der Waals surface area contributed by atoms with E-state index in [-0.39, 0.29) is 17.2 Å². The zero-order valence-electron chi connectivity index (χ0n) is 17.6. The topological polar surface area (TPSA) is 41.6 Å². The van der Waals surface area contributed by atoms with Crippen LogP contribution in [0.15, 0.2) is 42.5 Å². The summed E-state index contributed by atoms with van der Waals surface area (Å²) >= 11 is 0. The van der Waals surface area contributed by atoms with Gasteiger partial charge in [-0.3, -0.25) is 9.69 Å². The second kappa shape index (κ2) is 8.40. The summed E-state index contributed by atoms with van der Waals surface area (Å²) in [7, 11) is 0. The van der Waals surface area contributed by atoms with E-state index >= 15 is 0 Å². The molecule has 1 aliphatic heterocycles. The molecule has 1 unspecified atom stereocenters. The van der Waals surface area contributed by atoms with Gasteiger partial charge in [0.25, 0.3) is 5.91 Å². The molecule has 0 spiro atoms. The summed E-state index contributed by atoms with van der Waals surface area (Å²) in [6.07, 6.45) is -4.63. The Morgan fingerprint density at radius 3 is 2.53 bits per heavy atom. The molecular formula is C23H27F3N2O2. The first-order valence-electron chi connectivity index (χ1n) is 9.91. The molecule has 1 atom stereocenters. The van der Waals surface area contributed by atoms with Gasteiger partial charge in [0.1, 0.15) is 0 Å². The number of nitrogens with one attached hydrogen (secondary N) is 1. The standard InChI is InChI=1S/C23H27F3N2O2/c1-15-8-9-18(13-19(15)20-14-28(10-11-30-20)22(2,3)4)27-21(29)16-6-5-7-17(12-16)23(24,25)26/h5-9,12-13,20H,10-11,14H2,1-4H3,(H,27,29). The van der Waals surface area contributed by atoms with E-state index in [0.717, 1.165) is 36.3 Å². The van der Waals surface area contributed by atoms with Crippen molar-refractivity contribution in [3.8, 4) is 0 Å². The summed E-state index contributed by atoms with van der Waals surface area (Å²) in [5.41, 5.74) is 1.65. The molecule has 0 bridgehead atoms. The summed E-state index contributed by atoms with van der Waals surface area (Å²) in [4.78, 5) is 14.9. The molecule has 162 valence electrons. The number of rotatable bonds is 3. The Kier molecular flexibility index (Phi) is 6.24. The van der Waals surface area contributed by atoms with Crippen molar-refractivity contribution < 1.29 is 22.7 Å². The van der Waals surface area contributed by atoms with Crippen LogP contribution < -0.4 is 5.32 Å². The first kappa shape index (κ1) is 22.3. The minimum atomic E-state index is -4.50. The third-order valence-corrected chi connectivity index (χ3v) is 5.35. The number of amides is 1. The monoisotopic (exact) mass is 420 g/mol. The largest absolute Gasteiger partial charge is 0.416 e. The normalized spacial score (nSPS) is 18.3.